The molecule has 0 unspecified atom stereocenters. The minimum absolute atomic E-state index is 0.413. The Morgan fingerprint density at radius 2 is 1.88 bits per heavy atom. The molecule has 1 heterocycles. The average Bonchev–Trinajstić information content (AvgIpc) is 2.51. The SMILES string of the molecule is Cc1nc(SCc2ccccc2)ccc1CNC(=O)OC(C)(C)C. The lowest BCUT2D eigenvalue weighted by molar-refractivity contribution is 0.0523. The fraction of sp³-hybridized carbons (Fsp3) is 0.368. The second kappa shape index (κ2) is 8.20. The highest BCUT2D eigenvalue weighted by Crippen LogP contribution is 2.22. The molecule has 0 fully saturated rings. The minimum atomic E-state index is -0.491. The van der Waals surface area contributed by atoms with E-state index < -0.39 is 11.7 Å². The molecule has 4 nitrogen and oxygen atoms in total. The van der Waals surface area contributed by atoms with Crippen molar-refractivity contribution in [3.05, 3.63) is 59.3 Å². The van der Waals surface area contributed by atoms with E-state index in [-0.39, 0.29) is 0 Å². The number of nitrogens with one attached hydrogen (secondary N) is 1. The molecule has 0 bridgehead atoms. The third-order valence-electron chi connectivity index (χ3n) is 3.22. The van der Waals surface area contributed by atoms with Gasteiger partial charge in [-0.05, 0) is 44.9 Å². The predicted molar refractivity (Wildman–Crippen MR) is 98.1 cm³/mol. The van der Waals surface area contributed by atoms with E-state index >= 15 is 0 Å². The molecule has 0 aliphatic carbocycles. The Balaban J connectivity index is 1.89. The number of hydrogen-bond acceptors (Lipinski definition) is 4. The van der Waals surface area contributed by atoms with Crippen LogP contribution in [0, 0.1) is 6.92 Å². The van der Waals surface area contributed by atoms with Crippen molar-refractivity contribution in [2.75, 3.05) is 0 Å². The van der Waals surface area contributed by atoms with Crippen LogP contribution >= 0.6 is 11.8 Å². The average molecular weight is 344 g/mol. The molecule has 1 aromatic carbocycles. The van der Waals surface area contributed by atoms with Gasteiger partial charge in [-0.3, -0.25) is 0 Å². The van der Waals surface area contributed by atoms with Crippen LogP contribution in [-0.4, -0.2) is 16.7 Å². The third kappa shape index (κ3) is 6.24. The number of alkyl carbamates (subject to hydrolysis) is 1. The maximum atomic E-state index is 11.7. The Kier molecular flexibility index (Phi) is 6.26. The number of aromatic nitrogens is 1. The number of thioether (sulfide) groups is 1. The molecule has 1 N–H and O–H groups in total. The predicted octanol–water partition coefficient (Wildman–Crippen LogP) is 4.71. The number of aryl methyl sites for hydroxylation is 1. The first-order valence-electron chi connectivity index (χ1n) is 7.93. The smallest absolute Gasteiger partial charge is 0.407 e. The van der Waals surface area contributed by atoms with Crippen LogP contribution in [0.3, 0.4) is 0 Å². The van der Waals surface area contributed by atoms with Gasteiger partial charge >= 0.3 is 6.09 Å². The van der Waals surface area contributed by atoms with Crippen LogP contribution < -0.4 is 5.32 Å². The number of carbonyl (C=O) groups is 1. The Labute approximate surface area is 148 Å². The summed E-state index contributed by atoms with van der Waals surface area (Å²) in [5.74, 6) is 0.892. The van der Waals surface area contributed by atoms with Crippen LogP contribution in [0.5, 0.6) is 0 Å². The maximum Gasteiger partial charge on any atom is 0.407 e. The normalized spacial score (nSPS) is 11.2. The molecule has 0 radical (unpaired) electrons. The first kappa shape index (κ1) is 18.3. The van der Waals surface area contributed by atoms with Crippen molar-refractivity contribution in [3.63, 3.8) is 0 Å². The first-order valence-corrected chi connectivity index (χ1v) is 8.92. The van der Waals surface area contributed by atoms with E-state index in [4.69, 9.17) is 4.74 Å². The lowest BCUT2D eigenvalue weighted by Gasteiger charge is -2.19. The van der Waals surface area contributed by atoms with E-state index in [1.54, 1.807) is 11.8 Å². The highest BCUT2D eigenvalue weighted by Gasteiger charge is 2.16. The largest absolute Gasteiger partial charge is 0.444 e. The molecule has 0 atom stereocenters. The Morgan fingerprint density at radius 1 is 1.17 bits per heavy atom. The number of rotatable bonds is 5. The summed E-state index contributed by atoms with van der Waals surface area (Å²) in [7, 11) is 0. The standard InChI is InChI=1S/C19H24N2O2S/c1-14-16(12-20-18(22)23-19(2,3)4)10-11-17(21-14)24-13-15-8-6-5-7-9-15/h5-11H,12-13H2,1-4H3,(H,20,22). The van der Waals surface area contributed by atoms with Gasteiger partial charge in [0.1, 0.15) is 5.60 Å². The Bertz CT molecular complexity index is 682. The number of ether oxygens (including phenoxy) is 1. The molecule has 1 amide bonds. The number of hydrogen-bond donors (Lipinski definition) is 1. The quantitative estimate of drug-likeness (QED) is 0.798. The van der Waals surface area contributed by atoms with E-state index in [1.165, 1.54) is 5.56 Å². The van der Waals surface area contributed by atoms with Crippen molar-refractivity contribution in [1.82, 2.24) is 10.3 Å². The van der Waals surface area contributed by atoms with Gasteiger partial charge in [0.2, 0.25) is 0 Å². The van der Waals surface area contributed by atoms with Gasteiger partial charge in [0.25, 0.3) is 0 Å². The Morgan fingerprint density at radius 3 is 2.50 bits per heavy atom. The molecule has 0 saturated heterocycles. The van der Waals surface area contributed by atoms with Crippen LogP contribution in [0.4, 0.5) is 4.79 Å². The van der Waals surface area contributed by atoms with Gasteiger partial charge in [0, 0.05) is 18.0 Å². The zero-order valence-corrected chi connectivity index (χ0v) is 15.4. The fourth-order valence-corrected chi connectivity index (χ4v) is 2.92. The van der Waals surface area contributed by atoms with E-state index in [2.05, 4.69) is 22.4 Å². The van der Waals surface area contributed by atoms with Gasteiger partial charge in [-0.2, -0.15) is 0 Å². The van der Waals surface area contributed by atoms with Crippen LogP contribution in [0.1, 0.15) is 37.6 Å². The van der Waals surface area contributed by atoms with E-state index in [1.807, 2.05) is 58.0 Å². The summed E-state index contributed by atoms with van der Waals surface area (Å²) in [6.45, 7) is 7.91. The first-order chi connectivity index (χ1) is 11.3. The van der Waals surface area contributed by atoms with Crippen molar-refractivity contribution >= 4 is 17.9 Å². The number of nitrogens with zero attached hydrogens (tertiary/aromatic N) is 1. The molecule has 0 spiro atoms. The van der Waals surface area contributed by atoms with Gasteiger partial charge in [0.05, 0.1) is 5.03 Å². The van der Waals surface area contributed by atoms with E-state index in [9.17, 15) is 4.79 Å². The molecule has 2 aromatic rings. The molecule has 0 aliphatic heterocycles. The van der Waals surface area contributed by atoms with Crippen molar-refractivity contribution in [3.8, 4) is 0 Å². The summed E-state index contributed by atoms with van der Waals surface area (Å²) in [5, 5.41) is 3.75. The summed E-state index contributed by atoms with van der Waals surface area (Å²) >= 11 is 1.71. The topological polar surface area (TPSA) is 51.2 Å². The lowest BCUT2D eigenvalue weighted by atomic mass is 10.2. The number of carbonyl (C=O) groups excluding carboxylic acids is 1. The Hall–Kier alpha value is -2.01. The third-order valence-corrected chi connectivity index (χ3v) is 4.22. The zero-order chi connectivity index (χ0) is 17.6. The molecule has 0 aliphatic rings. The van der Waals surface area contributed by atoms with Crippen LogP contribution in [0.15, 0.2) is 47.5 Å². The second-order valence-corrected chi connectivity index (χ2v) is 7.52. The van der Waals surface area contributed by atoms with Gasteiger partial charge in [0.15, 0.2) is 0 Å². The molecule has 2 rings (SSSR count). The summed E-state index contributed by atoms with van der Waals surface area (Å²) < 4.78 is 5.24. The van der Waals surface area contributed by atoms with Gasteiger partial charge in [-0.15, -0.1) is 11.8 Å². The summed E-state index contributed by atoms with van der Waals surface area (Å²) in [6, 6.07) is 14.3. The van der Waals surface area contributed by atoms with Gasteiger partial charge < -0.3 is 10.1 Å². The van der Waals surface area contributed by atoms with Crippen molar-refractivity contribution in [2.24, 2.45) is 0 Å². The van der Waals surface area contributed by atoms with Crippen molar-refractivity contribution < 1.29 is 9.53 Å². The van der Waals surface area contributed by atoms with Crippen molar-refractivity contribution in [1.29, 1.82) is 0 Å². The molecule has 0 saturated carbocycles. The number of amides is 1. The van der Waals surface area contributed by atoms with Crippen LogP contribution in [-0.2, 0) is 17.0 Å². The molecule has 1 aromatic heterocycles. The molecule has 24 heavy (non-hydrogen) atoms. The second-order valence-electron chi connectivity index (χ2n) is 6.52. The maximum absolute atomic E-state index is 11.7. The zero-order valence-electron chi connectivity index (χ0n) is 14.6. The number of pyridine rings is 1. The summed E-state index contributed by atoms with van der Waals surface area (Å²) in [6.07, 6.45) is -0.413. The van der Waals surface area contributed by atoms with Gasteiger partial charge in [-0.1, -0.05) is 36.4 Å². The molecule has 128 valence electrons. The number of benzene rings is 1. The summed E-state index contributed by atoms with van der Waals surface area (Å²) in [4.78, 5) is 16.3. The lowest BCUT2D eigenvalue weighted by Crippen LogP contribution is -2.32. The fourth-order valence-electron chi connectivity index (χ4n) is 2.05. The summed E-state index contributed by atoms with van der Waals surface area (Å²) in [5.41, 5.74) is 2.70. The monoisotopic (exact) mass is 344 g/mol. The van der Waals surface area contributed by atoms with Crippen LogP contribution in [0.2, 0.25) is 0 Å². The van der Waals surface area contributed by atoms with E-state index in [0.717, 1.165) is 22.0 Å². The molecular weight excluding hydrogens is 320 g/mol. The molecular formula is C19H24N2O2S. The highest BCUT2D eigenvalue weighted by atomic mass is 32.2. The van der Waals surface area contributed by atoms with E-state index in [0.29, 0.717) is 6.54 Å². The molecule has 5 heteroatoms. The minimum Gasteiger partial charge on any atom is -0.444 e. The van der Waals surface area contributed by atoms with Gasteiger partial charge in [-0.25, -0.2) is 9.78 Å². The van der Waals surface area contributed by atoms with Crippen LogP contribution in [0.25, 0.3) is 0 Å². The highest BCUT2D eigenvalue weighted by molar-refractivity contribution is 7.98. The van der Waals surface area contributed by atoms with Crippen molar-refractivity contribution in [2.45, 2.75) is 50.6 Å².